The minimum atomic E-state index is -0.442. The number of thiophene rings is 1. The highest BCUT2D eigenvalue weighted by Gasteiger charge is 2.33. The summed E-state index contributed by atoms with van der Waals surface area (Å²) in [6.45, 7) is 4.23. The van der Waals surface area contributed by atoms with Crippen LogP contribution in [0.4, 0.5) is 0 Å². The van der Waals surface area contributed by atoms with Crippen molar-refractivity contribution in [2.45, 2.75) is 32.2 Å². The molecule has 27 heavy (non-hydrogen) atoms. The highest BCUT2D eigenvalue weighted by Crippen LogP contribution is 2.29. The molecule has 0 radical (unpaired) electrons. The number of carbonyl (C=O) groups is 2. The van der Waals surface area contributed by atoms with E-state index in [4.69, 9.17) is 12.2 Å². The maximum Gasteiger partial charge on any atom is 0.245 e. The molecule has 1 atom stereocenters. The van der Waals surface area contributed by atoms with Gasteiger partial charge in [0, 0.05) is 32.1 Å². The summed E-state index contributed by atoms with van der Waals surface area (Å²) in [6.07, 6.45) is 3.18. The zero-order valence-corrected chi connectivity index (χ0v) is 16.9. The first kappa shape index (κ1) is 18.4. The van der Waals surface area contributed by atoms with Gasteiger partial charge in [-0.2, -0.15) is 5.10 Å². The molecule has 2 aromatic rings. The Hall–Kier alpha value is -2.00. The molecular formula is C18H23N5O2S2. The van der Waals surface area contributed by atoms with Crippen molar-refractivity contribution in [2.75, 3.05) is 26.2 Å². The van der Waals surface area contributed by atoms with Crippen LogP contribution in [-0.2, 0) is 9.59 Å². The molecule has 2 aliphatic rings. The van der Waals surface area contributed by atoms with E-state index in [-0.39, 0.29) is 17.7 Å². The summed E-state index contributed by atoms with van der Waals surface area (Å²) in [7, 11) is 0. The number of amides is 2. The summed E-state index contributed by atoms with van der Waals surface area (Å²) in [5.74, 6) is 1.18. The van der Waals surface area contributed by atoms with Gasteiger partial charge in [0.1, 0.15) is 6.04 Å². The van der Waals surface area contributed by atoms with E-state index in [1.165, 1.54) is 0 Å². The fourth-order valence-corrected chi connectivity index (χ4v) is 4.68. The number of nitrogens with zero attached hydrogens (tertiary/aromatic N) is 4. The van der Waals surface area contributed by atoms with Crippen LogP contribution in [0.2, 0.25) is 0 Å². The fraction of sp³-hybridized carbons (Fsp3) is 0.556. The molecule has 7 nitrogen and oxygen atoms in total. The van der Waals surface area contributed by atoms with Crippen LogP contribution < -0.4 is 0 Å². The van der Waals surface area contributed by atoms with Crippen LogP contribution in [0.15, 0.2) is 17.5 Å². The zero-order valence-electron chi connectivity index (χ0n) is 15.3. The Morgan fingerprint density at radius 1 is 1.26 bits per heavy atom. The Balaban J connectivity index is 1.44. The predicted molar refractivity (Wildman–Crippen MR) is 106 cm³/mol. The molecule has 0 bridgehead atoms. The second-order valence-electron chi connectivity index (χ2n) is 7.15. The zero-order chi connectivity index (χ0) is 19.0. The van der Waals surface area contributed by atoms with Crippen molar-refractivity contribution in [1.29, 1.82) is 0 Å². The fourth-order valence-electron chi connectivity index (χ4n) is 3.68. The van der Waals surface area contributed by atoms with Gasteiger partial charge in [0.2, 0.25) is 11.8 Å². The van der Waals surface area contributed by atoms with E-state index in [9.17, 15) is 9.59 Å². The molecular weight excluding hydrogens is 382 g/mol. The number of aromatic nitrogens is 3. The molecule has 2 fully saturated rings. The minimum absolute atomic E-state index is 0.0149. The van der Waals surface area contributed by atoms with Crippen molar-refractivity contribution >= 4 is 35.4 Å². The van der Waals surface area contributed by atoms with E-state index in [1.807, 2.05) is 34.2 Å². The van der Waals surface area contributed by atoms with Gasteiger partial charge in [-0.3, -0.25) is 19.3 Å². The van der Waals surface area contributed by atoms with Gasteiger partial charge in [0.05, 0.1) is 4.88 Å². The SMILES string of the molecule is CC(C(=O)N1CCN(C(=O)C2CCC2)CC1)n1c(-c2cccs2)n[nH]c1=S. The van der Waals surface area contributed by atoms with Gasteiger partial charge >= 0.3 is 0 Å². The Bertz CT molecular complexity index is 876. The minimum Gasteiger partial charge on any atom is -0.339 e. The first-order valence-electron chi connectivity index (χ1n) is 9.34. The van der Waals surface area contributed by atoms with Gasteiger partial charge in [-0.25, -0.2) is 0 Å². The molecule has 1 saturated heterocycles. The first-order valence-corrected chi connectivity index (χ1v) is 10.6. The first-order chi connectivity index (χ1) is 13.1. The third-order valence-corrected chi connectivity index (χ3v) is 6.70. The lowest BCUT2D eigenvalue weighted by atomic mass is 9.84. The van der Waals surface area contributed by atoms with Gasteiger partial charge in [-0.15, -0.1) is 11.3 Å². The predicted octanol–water partition coefficient (Wildman–Crippen LogP) is 2.70. The maximum atomic E-state index is 13.1. The molecule has 4 rings (SSSR count). The number of aromatic amines is 1. The monoisotopic (exact) mass is 405 g/mol. The summed E-state index contributed by atoms with van der Waals surface area (Å²) >= 11 is 6.93. The average molecular weight is 406 g/mol. The van der Waals surface area contributed by atoms with E-state index in [0.29, 0.717) is 36.8 Å². The van der Waals surface area contributed by atoms with Crippen LogP contribution in [0.1, 0.15) is 32.2 Å². The van der Waals surface area contributed by atoms with Gasteiger partial charge in [0.15, 0.2) is 10.6 Å². The highest BCUT2D eigenvalue weighted by atomic mass is 32.1. The summed E-state index contributed by atoms with van der Waals surface area (Å²) in [6, 6.07) is 3.48. The lowest BCUT2D eigenvalue weighted by Gasteiger charge is -2.39. The largest absolute Gasteiger partial charge is 0.339 e. The molecule has 144 valence electrons. The summed E-state index contributed by atoms with van der Waals surface area (Å²) in [4.78, 5) is 30.2. The molecule has 1 aliphatic carbocycles. The number of carbonyl (C=O) groups excluding carboxylic acids is 2. The van der Waals surface area contributed by atoms with Crippen LogP contribution in [0, 0.1) is 10.7 Å². The smallest absolute Gasteiger partial charge is 0.245 e. The van der Waals surface area contributed by atoms with Crippen LogP contribution >= 0.6 is 23.6 Å². The number of hydrogen-bond acceptors (Lipinski definition) is 5. The molecule has 9 heteroatoms. The third-order valence-electron chi connectivity index (χ3n) is 5.55. The van der Waals surface area contributed by atoms with E-state index in [0.717, 1.165) is 24.1 Å². The lowest BCUT2D eigenvalue weighted by molar-refractivity contribution is -0.145. The average Bonchev–Trinajstić information content (AvgIpc) is 3.28. The summed E-state index contributed by atoms with van der Waals surface area (Å²) in [5, 5.41) is 9.09. The Labute approximate surface area is 167 Å². The van der Waals surface area contributed by atoms with Gasteiger partial charge in [-0.05, 0) is 43.4 Å². The second-order valence-corrected chi connectivity index (χ2v) is 8.49. The quantitative estimate of drug-likeness (QED) is 0.794. The van der Waals surface area contributed by atoms with Crippen LogP contribution in [0.3, 0.4) is 0 Å². The molecule has 1 saturated carbocycles. The summed E-state index contributed by atoms with van der Waals surface area (Å²) < 4.78 is 2.23. The van der Waals surface area contributed by atoms with Crippen molar-refractivity contribution in [3.63, 3.8) is 0 Å². The van der Waals surface area contributed by atoms with E-state index in [2.05, 4.69) is 10.2 Å². The van der Waals surface area contributed by atoms with Gasteiger partial charge < -0.3 is 9.80 Å². The Morgan fingerprint density at radius 3 is 2.56 bits per heavy atom. The Kier molecular flexibility index (Phi) is 5.14. The molecule has 1 aliphatic heterocycles. The highest BCUT2D eigenvalue weighted by molar-refractivity contribution is 7.71. The number of piperazine rings is 1. The molecule has 1 unspecified atom stereocenters. The van der Waals surface area contributed by atoms with E-state index in [1.54, 1.807) is 15.9 Å². The maximum absolute atomic E-state index is 13.1. The molecule has 0 aromatic carbocycles. The molecule has 2 aromatic heterocycles. The molecule has 2 amide bonds. The van der Waals surface area contributed by atoms with Gasteiger partial charge in [-0.1, -0.05) is 12.5 Å². The van der Waals surface area contributed by atoms with E-state index >= 15 is 0 Å². The summed E-state index contributed by atoms with van der Waals surface area (Å²) in [5.41, 5.74) is 0. The van der Waals surface area contributed by atoms with Gasteiger partial charge in [0.25, 0.3) is 0 Å². The third kappa shape index (κ3) is 3.45. The van der Waals surface area contributed by atoms with Crippen LogP contribution in [0.5, 0.6) is 0 Å². The van der Waals surface area contributed by atoms with Crippen molar-refractivity contribution in [2.24, 2.45) is 5.92 Å². The normalized spacial score (nSPS) is 19.0. The van der Waals surface area contributed by atoms with Crippen molar-refractivity contribution in [3.8, 4) is 10.7 Å². The van der Waals surface area contributed by atoms with Crippen LogP contribution in [-0.4, -0.2) is 62.6 Å². The standard InChI is InChI=1S/C18H23N5O2S2/c1-12(23-15(19-20-18(23)26)14-6-3-11-27-14)16(24)21-7-9-22(10-8-21)17(25)13-4-2-5-13/h3,6,11-13H,2,4-5,7-10H2,1H3,(H,20,26). The number of rotatable bonds is 4. The van der Waals surface area contributed by atoms with Crippen molar-refractivity contribution in [1.82, 2.24) is 24.6 Å². The lowest BCUT2D eigenvalue weighted by Crippen LogP contribution is -2.53. The number of hydrogen-bond donors (Lipinski definition) is 1. The molecule has 3 heterocycles. The van der Waals surface area contributed by atoms with Crippen molar-refractivity contribution in [3.05, 3.63) is 22.3 Å². The Morgan fingerprint density at radius 2 is 1.96 bits per heavy atom. The second kappa shape index (κ2) is 7.55. The van der Waals surface area contributed by atoms with E-state index < -0.39 is 6.04 Å². The van der Waals surface area contributed by atoms with Crippen molar-refractivity contribution < 1.29 is 9.59 Å². The number of H-pyrrole nitrogens is 1. The number of nitrogens with one attached hydrogen (secondary N) is 1. The molecule has 1 N–H and O–H groups in total. The molecule has 0 spiro atoms. The topological polar surface area (TPSA) is 74.2 Å². The van der Waals surface area contributed by atoms with Crippen LogP contribution in [0.25, 0.3) is 10.7 Å².